The zero-order valence-corrected chi connectivity index (χ0v) is 12.7. The Balaban J connectivity index is 2.37. The maximum absolute atomic E-state index is 11.8. The van der Waals surface area contributed by atoms with Gasteiger partial charge in [-0.15, -0.1) is 0 Å². The minimum Gasteiger partial charge on any atom is -0.351 e. The molecule has 5 nitrogen and oxygen atoms in total. The molecule has 1 aromatic carbocycles. The average molecular weight is 301 g/mol. The molecule has 0 spiro atoms. The summed E-state index contributed by atoms with van der Waals surface area (Å²) in [4.78, 5) is 23.4. The molecule has 0 aliphatic carbocycles. The number of nitrogens with zero attached hydrogens (tertiary/aromatic N) is 2. The predicted octanol–water partition coefficient (Wildman–Crippen LogP) is 2.03. The van der Waals surface area contributed by atoms with Crippen molar-refractivity contribution >= 4 is 33.5 Å². The Kier molecular flexibility index (Phi) is 4.55. The first-order chi connectivity index (χ1) is 10.1. The first-order valence-corrected chi connectivity index (χ1v) is 7.38. The first kappa shape index (κ1) is 15.0. The summed E-state index contributed by atoms with van der Waals surface area (Å²) < 4.78 is 2.41. The number of hydrogen-bond donors (Lipinski definition) is 1. The molecule has 0 atom stereocenters. The molecule has 0 bridgehead atoms. The Morgan fingerprint density at radius 3 is 2.95 bits per heavy atom. The van der Waals surface area contributed by atoms with Crippen molar-refractivity contribution in [2.75, 3.05) is 6.54 Å². The lowest BCUT2D eigenvalue weighted by Gasteiger charge is -2.02. The molecule has 1 aromatic heterocycles. The van der Waals surface area contributed by atoms with Crippen LogP contribution in [0.15, 0.2) is 28.6 Å². The van der Waals surface area contributed by atoms with Gasteiger partial charge in [-0.2, -0.15) is 5.26 Å². The quantitative estimate of drug-likeness (QED) is 0.693. The van der Waals surface area contributed by atoms with Crippen molar-refractivity contribution < 1.29 is 4.79 Å². The van der Waals surface area contributed by atoms with Gasteiger partial charge in [0.1, 0.15) is 11.6 Å². The third-order valence-electron chi connectivity index (χ3n) is 3.03. The van der Waals surface area contributed by atoms with E-state index in [1.165, 1.54) is 6.08 Å². The second-order valence-corrected chi connectivity index (χ2v) is 5.57. The lowest BCUT2D eigenvalue weighted by atomic mass is 10.1. The standard InChI is InChI=1S/C15H15N3O2S/c1-3-6-17-14(19)11(9-16)7-10-4-5-12-13(8-10)21-15(20)18(12)2/h4-5,7-8H,3,6H2,1-2H3,(H,17,19)/b11-7-. The number of carbonyl (C=O) groups excluding carboxylic acids is 1. The zero-order valence-electron chi connectivity index (χ0n) is 11.8. The second kappa shape index (κ2) is 6.37. The predicted molar refractivity (Wildman–Crippen MR) is 84.0 cm³/mol. The Hall–Kier alpha value is -2.39. The molecule has 0 saturated heterocycles. The van der Waals surface area contributed by atoms with Crippen LogP contribution in [-0.2, 0) is 11.8 Å². The van der Waals surface area contributed by atoms with E-state index >= 15 is 0 Å². The maximum Gasteiger partial charge on any atom is 0.307 e. The molecule has 0 fully saturated rings. The average Bonchev–Trinajstić information content (AvgIpc) is 2.76. The zero-order chi connectivity index (χ0) is 15.4. The Morgan fingerprint density at radius 1 is 1.52 bits per heavy atom. The van der Waals surface area contributed by atoms with Gasteiger partial charge in [-0.1, -0.05) is 24.3 Å². The highest BCUT2D eigenvalue weighted by atomic mass is 32.1. The number of thiazole rings is 1. The molecule has 2 aromatic rings. The number of aryl methyl sites for hydroxylation is 1. The van der Waals surface area contributed by atoms with E-state index in [4.69, 9.17) is 5.26 Å². The van der Waals surface area contributed by atoms with Gasteiger partial charge in [0.15, 0.2) is 0 Å². The topological polar surface area (TPSA) is 74.9 Å². The Bertz CT molecular complexity index is 808. The van der Waals surface area contributed by atoms with E-state index in [0.29, 0.717) is 6.54 Å². The van der Waals surface area contributed by atoms with Crippen LogP contribution in [0.3, 0.4) is 0 Å². The molecule has 6 heteroatoms. The van der Waals surface area contributed by atoms with E-state index in [9.17, 15) is 9.59 Å². The Morgan fingerprint density at radius 2 is 2.29 bits per heavy atom. The van der Waals surface area contributed by atoms with Gasteiger partial charge in [-0.3, -0.25) is 9.59 Å². The van der Waals surface area contributed by atoms with Gasteiger partial charge in [0, 0.05) is 13.6 Å². The summed E-state index contributed by atoms with van der Waals surface area (Å²) in [6.45, 7) is 2.48. The number of carbonyl (C=O) groups is 1. The van der Waals surface area contributed by atoms with E-state index in [1.807, 2.05) is 25.1 Å². The van der Waals surface area contributed by atoms with Gasteiger partial charge in [0.2, 0.25) is 0 Å². The van der Waals surface area contributed by atoms with Crippen molar-refractivity contribution in [3.8, 4) is 6.07 Å². The molecule has 1 N–H and O–H groups in total. The fourth-order valence-electron chi connectivity index (χ4n) is 1.89. The van der Waals surface area contributed by atoms with E-state index < -0.39 is 0 Å². The number of nitrogens with one attached hydrogen (secondary N) is 1. The highest BCUT2D eigenvalue weighted by Gasteiger charge is 2.09. The van der Waals surface area contributed by atoms with Crippen LogP contribution in [0.5, 0.6) is 0 Å². The smallest absolute Gasteiger partial charge is 0.307 e. The van der Waals surface area contributed by atoms with E-state index in [0.717, 1.165) is 33.5 Å². The maximum atomic E-state index is 11.8. The number of hydrogen-bond acceptors (Lipinski definition) is 4. The monoisotopic (exact) mass is 301 g/mol. The van der Waals surface area contributed by atoms with E-state index in [-0.39, 0.29) is 16.4 Å². The van der Waals surface area contributed by atoms with Crippen LogP contribution < -0.4 is 10.2 Å². The molecular formula is C15H15N3O2S. The molecule has 0 saturated carbocycles. The van der Waals surface area contributed by atoms with Gasteiger partial charge in [0.25, 0.3) is 5.91 Å². The molecule has 21 heavy (non-hydrogen) atoms. The summed E-state index contributed by atoms with van der Waals surface area (Å²) in [5.41, 5.74) is 1.63. The molecule has 0 unspecified atom stereocenters. The Labute approximate surface area is 126 Å². The number of rotatable bonds is 4. The van der Waals surface area contributed by atoms with Crippen molar-refractivity contribution in [2.45, 2.75) is 13.3 Å². The van der Waals surface area contributed by atoms with Crippen molar-refractivity contribution in [3.05, 3.63) is 39.0 Å². The number of amides is 1. The van der Waals surface area contributed by atoms with Crippen molar-refractivity contribution in [3.63, 3.8) is 0 Å². The fraction of sp³-hybridized carbons (Fsp3) is 0.267. The first-order valence-electron chi connectivity index (χ1n) is 6.56. The largest absolute Gasteiger partial charge is 0.351 e. The van der Waals surface area contributed by atoms with Crippen LogP contribution in [0, 0.1) is 11.3 Å². The highest BCUT2D eigenvalue weighted by molar-refractivity contribution is 7.16. The van der Waals surface area contributed by atoms with Crippen molar-refractivity contribution in [1.29, 1.82) is 5.26 Å². The molecule has 108 valence electrons. The van der Waals surface area contributed by atoms with Gasteiger partial charge in [-0.25, -0.2) is 0 Å². The number of aromatic nitrogens is 1. The van der Waals surface area contributed by atoms with E-state index in [1.54, 1.807) is 17.7 Å². The summed E-state index contributed by atoms with van der Waals surface area (Å²) in [7, 11) is 1.72. The van der Waals surface area contributed by atoms with E-state index in [2.05, 4.69) is 5.32 Å². The number of nitriles is 1. The number of benzene rings is 1. The fourth-order valence-corrected chi connectivity index (χ4v) is 2.82. The third-order valence-corrected chi connectivity index (χ3v) is 4.02. The summed E-state index contributed by atoms with van der Waals surface area (Å²) in [5.74, 6) is -0.374. The van der Waals surface area contributed by atoms with Crippen LogP contribution in [0.4, 0.5) is 0 Å². The highest BCUT2D eigenvalue weighted by Crippen LogP contribution is 2.19. The van der Waals surface area contributed by atoms with Crippen LogP contribution >= 0.6 is 11.3 Å². The van der Waals surface area contributed by atoms with Gasteiger partial charge < -0.3 is 9.88 Å². The van der Waals surface area contributed by atoms with Crippen LogP contribution in [-0.4, -0.2) is 17.0 Å². The van der Waals surface area contributed by atoms with Crippen LogP contribution in [0.2, 0.25) is 0 Å². The molecule has 0 aliphatic rings. The minimum absolute atomic E-state index is 0.0349. The normalized spacial score (nSPS) is 11.4. The summed E-state index contributed by atoms with van der Waals surface area (Å²) in [6, 6.07) is 7.33. The summed E-state index contributed by atoms with van der Waals surface area (Å²) >= 11 is 1.14. The van der Waals surface area contributed by atoms with Crippen LogP contribution in [0.1, 0.15) is 18.9 Å². The molecule has 1 amide bonds. The second-order valence-electron chi connectivity index (χ2n) is 4.58. The van der Waals surface area contributed by atoms with Crippen LogP contribution in [0.25, 0.3) is 16.3 Å². The SMILES string of the molecule is CCCNC(=O)/C(C#N)=C\c1ccc2c(c1)sc(=O)n2C. The lowest BCUT2D eigenvalue weighted by Crippen LogP contribution is -2.25. The van der Waals surface area contributed by atoms with Gasteiger partial charge >= 0.3 is 4.87 Å². The van der Waals surface area contributed by atoms with Gasteiger partial charge in [-0.05, 0) is 30.2 Å². The minimum atomic E-state index is -0.374. The van der Waals surface area contributed by atoms with Gasteiger partial charge in [0.05, 0.1) is 10.2 Å². The van der Waals surface area contributed by atoms with Crippen molar-refractivity contribution in [1.82, 2.24) is 9.88 Å². The third kappa shape index (κ3) is 3.20. The molecule has 2 rings (SSSR count). The molecule has 0 aliphatic heterocycles. The lowest BCUT2D eigenvalue weighted by molar-refractivity contribution is -0.117. The summed E-state index contributed by atoms with van der Waals surface area (Å²) in [5, 5.41) is 11.8. The summed E-state index contributed by atoms with van der Waals surface area (Å²) in [6.07, 6.45) is 2.35. The van der Waals surface area contributed by atoms with Crippen molar-refractivity contribution in [2.24, 2.45) is 7.05 Å². The number of fused-ring (bicyclic) bond motifs is 1. The molecule has 1 heterocycles. The molecular weight excluding hydrogens is 286 g/mol. The molecule has 0 radical (unpaired) electrons.